The Morgan fingerprint density at radius 2 is 2.17 bits per heavy atom. The number of hydrogen-bond acceptors (Lipinski definition) is 5. The van der Waals surface area contributed by atoms with Crippen LogP contribution in [0.15, 0.2) is 24.9 Å². The molecular formula is C17H28N6O. The van der Waals surface area contributed by atoms with Crippen molar-refractivity contribution in [3.63, 3.8) is 0 Å². The van der Waals surface area contributed by atoms with Gasteiger partial charge in [0.1, 0.15) is 0 Å². The summed E-state index contributed by atoms with van der Waals surface area (Å²) in [5, 5.41) is 7.85. The molecule has 2 aromatic heterocycles. The first kappa shape index (κ1) is 17.1. The van der Waals surface area contributed by atoms with Crippen LogP contribution >= 0.6 is 0 Å². The summed E-state index contributed by atoms with van der Waals surface area (Å²) in [4.78, 5) is 6.76. The van der Waals surface area contributed by atoms with E-state index in [1.807, 2.05) is 23.4 Å². The molecule has 0 unspecified atom stereocenters. The van der Waals surface area contributed by atoms with E-state index in [0.717, 1.165) is 39.3 Å². The van der Waals surface area contributed by atoms with E-state index in [9.17, 15) is 0 Å². The van der Waals surface area contributed by atoms with Gasteiger partial charge in [-0.3, -0.25) is 9.58 Å². The standard InChI is InChI=1S/C17H28N6O/c1-4-22-6-7-24-16(17(22)15-10-19-13-21(15)3)11-18-8-14-9-20-23(5-2)12-14/h9-10,12-13,16-18H,4-8,11H2,1-3H3/t16-,17-/m0/s1. The highest BCUT2D eigenvalue weighted by atomic mass is 16.5. The van der Waals surface area contributed by atoms with Crippen molar-refractivity contribution in [1.82, 2.24) is 29.5 Å². The van der Waals surface area contributed by atoms with E-state index in [2.05, 4.69) is 52.0 Å². The molecule has 2 atom stereocenters. The van der Waals surface area contributed by atoms with Crippen LogP contribution < -0.4 is 5.32 Å². The fourth-order valence-electron chi connectivity index (χ4n) is 3.37. The third kappa shape index (κ3) is 3.68. The smallest absolute Gasteiger partial charge is 0.0946 e. The molecule has 24 heavy (non-hydrogen) atoms. The maximum atomic E-state index is 6.10. The molecule has 0 aliphatic carbocycles. The van der Waals surface area contributed by atoms with Crippen LogP contribution in [-0.4, -0.2) is 56.6 Å². The summed E-state index contributed by atoms with van der Waals surface area (Å²) in [7, 11) is 2.05. The van der Waals surface area contributed by atoms with Crippen molar-refractivity contribution in [2.45, 2.75) is 39.1 Å². The average molecular weight is 332 g/mol. The summed E-state index contributed by atoms with van der Waals surface area (Å²) in [6, 6.07) is 0.238. The number of aryl methyl sites for hydroxylation is 2. The zero-order valence-corrected chi connectivity index (χ0v) is 14.9. The summed E-state index contributed by atoms with van der Waals surface area (Å²) in [6.45, 7) is 9.58. The fraction of sp³-hybridized carbons (Fsp3) is 0.647. The highest BCUT2D eigenvalue weighted by Crippen LogP contribution is 2.28. The molecule has 1 aliphatic rings. The summed E-state index contributed by atoms with van der Waals surface area (Å²) in [5.74, 6) is 0. The van der Waals surface area contributed by atoms with Gasteiger partial charge in [0.25, 0.3) is 0 Å². The van der Waals surface area contributed by atoms with Gasteiger partial charge in [0, 0.05) is 51.2 Å². The van der Waals surface area contributed by atoms with Crippen LogP contribution in [0.5, 0.6) is 0 Å². The summed E-state index contributed by atoms with van der Waals surface area (Å²) in [6.07, 6.45) is 7.96. The lowest BCUT2D eigenvalue weighted by atomic mass is 10.0. The van der Waals surface area contributed by atoms with Crippen molar-refractivity contribution < 1.29 is 4.74 Å². The van der Waals surface area contributed by atoms with Gasteiger partial charge in [-0.05, 0) is 13.5 Å². The minimum absolute atomic E-state index is 0.121. The Hall–Kier alpha value is -1.70. The van der Waals surface area contributed by atoms with Crippen LogP contribution in [-0.2, 0) is 24.9 Å². The predicted octanol–water partition coefficient (Wildman–Crippen LogP) is 1.19. The Kier molecular flexibility index (Phi) is 5.65. The average Bonchev–Trinajstić information content (AvgIpc) is 3.23. The molecule has 1 N–H and O–H groups in total. The van der Waals surface area contributed by atoms with Crippen molar-refractivity contribution >= 4 is 0 Å². The maximum Gasteiger partial charge on any atom is 0.0946 e. The first-order valence-electron chi connectivity index (χ1n) is 8.76. The molecule has 1 saturated heterocycles. The molecule has 7 nitrogen and oxygen atoms in total. The monoisotopic (exact) mass is 332 g/mol. The van der Waals surface area contributed by atoms with Gasteiger partial charge in [0.05, 0.1) is 37.0 Å². The van der Waals surface area contributed by atoms with Gasteiger partial charge in [-0.15, -0.1) is 0 Å². The molecule has 7 heteroatoms. The molecular weight excluding hydrogens is 304 g/mol. The number of nitrogens with one attached hydrogen (secondary N) is 1. The van der Waals surface area contributed by atoms with Crippen LogP contribution in [0.3, 0.4) is 0 Å². The van der Waals surface area contributed by atoms with E-state index in [1.54, 1.807) is 0 Å². The van der Waals surface area contributed by atoms with Crippen molar-refractivity contribution in [1.29, 1.82) is 0 Å². The largest absolute Gasteiger partial charge is 0.374 e. The second-order valence-corrected chi connectivity index (χ2v) is 6.25. The quantitative estimate of drug-likeness (QED) is 0.825. The number of aromatic nitrogens is 4. The SMILES string of the molecule is CCN1CCO[C@@H](CNCc2cnn(CC)c2)[C@@H]1c1cncn1C. The number of likely N-dealkylation sites (N-methyl/N-ethyl adjacent to an activating group) is 1. The first-order chi connectivity index (χ1) is 11.7. The number of ether oxygens (including phenoxy) is 1. The fourth-order valence-corrected chi connectivity index (χ4v) is 3.37. The number of rotatable bonds is 7. The second-order valence-electron chi connectivity index (χ2n) is 6.25. The van der Waals surface area contributed by atoms with E-state index in [0.29, 0.717) is 0 Å². The molecule has 1 fully saturated rings. The lowest BCUT2D eigenvalue weighted by Crippen LogP contribution is -2.49. The lowest BCUT2D eigenvalue weighted by molar-refractivity contribution is -0.0716. The molecule has 0 radical (unpaired) electrons. The van der Waals surface area contributed by atoms with Crippen molar-refractivity contribution in [2.24, 2.45) is 7.05 Å². The third-order valence-corrected chi connectivity index (χ3v) is 4.70. The number of nitrogens with zero attached hydrogens (tertiary/aromatic N) is 5. The Morgan fingerprint density at radius 1 is 1.29 bits per heavy atom. The Morgan fingerprint density at radius 3 is 2.83 bits per heavy atom. The van der Waals surface area contributed by atoms with E-state index < -0.39 is 0 Å². The van der Waals surface area contributed by atoms with E-state index in [4.69, 9.17) is 4.74 Å². The maximum absolute atomic E-state index is 6.10. The Balaban J connectivity index is 1.64. The summed E-state index contributed by atoms with van der Waals surface area (Å²) in [5.41, 5.74) is 2.42. The number of hydrogen-bond donors (Lipinski definition) is 1. The minimum Gasteiger partial charge on any atom is -0.374 e. The Bertz CT molecular complexity index is 637. The van der Waals surface area contributed by atoms with Gasteiger partial charge in [-0.2, -0.15) is 5.10 Å². The second kappa shape index (κ2) is 7.92. The molecule has 1 aliphatic heterocycles. The number of imidazole rings is 1. The van der Waals surface area contributed by atoms with Crippen LogP contribution in [0.2, 0.25) is 0 Å². The normalized spacial score (nSPS) is 22.1. The minimum atomic E-state index is 0.121. The van der Waals surface area contributed by atoms with Gasteiger partial charge in [0.15, 0.2) is 0 Å². The van der Waals surface area contributed by atoms with Crippen molar-refractivity contribution in [3.8, 4) is 0 Å². The Labute approximate surface area is 143 Å². The van der Waals surface area contributed by atoms with Crippen molar-refractivity contribution in [2.75, 3.05) is 26.2 Å². The number of morpholine rings is 1. The van der Waals surface area contributed by atoms with Crippen LogP contribution in [0.25, 0.3) is 0 Å². The van der Waals surface area contributed by atoms with Crippen LogP contribution in [0.1, 0.15) is 31.1 Å². The van der Waals surface area contributed by atoms with E-state index >= 15 is 0 Å². The van der Waals surface area contributed by atoms with E-state index in [1.165, 1.54) is 11.3 Å². The molecule has 0 aromatic carbocycles. The molecule has 0 amide bonds. The third-order valence-electron chi connectivity index (χ3n) is 4.70. The van der Waals surface area contributed by atoms with Gasteiger partial charge in [-0.25, -0.2) is 4.98 Å². The first-order valence-corrected chi connectivity index (χ1v) is 8.76. The van der Waals surface area contributed by atoms with Gasteiger partial charge in [0.2, 0.25) is 0 Å². The van der Waals surface area contributed by atoms with Gasteiger partial charge < -0.3 is 14.6 Å². The van der Waals surface area contributed by atoms with E-state index in [-0.39, 0.29) is 12.1 Å². The molecule has 0 spiro atoms. The van der Waals surface area contributed by atoms with Gasteiger partial charge >= 0.3 is 0 Å². The zero-order valence-electron chi connectivity index (χ0n) is 14.9. The molecule has 0 saturated carbocycles. The summed E-state index contributed by atoms with van der Waals surface area (Å²) >= 11 is 0. The molecule has 3 rings (SSSR count). The molecule has 2 aromatic rings. The van der Waals surface area contributed by atoms with Crippen LogP contribution in [0.4, 0.5) is 0 Å². The summed E-state index contributed by atoms with van der Waals surface area (Å²) < 4.78 is 10.1. The molecule has 0 bridgehead atoms. The lowest BCUT2D eigenvalue weighted by Gasteiger charge is -2.40. The topological polar surface area (TPSA) is 60.1 Å². The highest BCUT2D eigenvalue weighted by molar-refractivity contribution is 5.10. The predicted molar refractivity (Wildman–Crippen MR) is 92.5 cm³/mol. The highest BCUT2D eigenvalue weighted by Gasteiger charge is 2.34. The van der Waals surface area contributed by atoms with Crippen LogP contribution in [0, 0.1) is 0 Å². The molecule has 132 valence electrons. The van der Waals surface area contributed by atoms with Gasteiger partial charge in [-0.1, -0.05) is 6.92 Å². The molecule has 3 heterocycles. The zero-order chi connectivity index (χ0) is 16.9. The van der Waals surface area contributed by atoms with Crippen molar-refractivity contribution in [3.05, 3.63) is 36.2 Å².